The van der Waals surface area contributed by atoms with Crippen molar-refractivity contribution in [2.45, 2.75) is 63.4 Å². The number of anilines is 1. The molecule has 1 aromatic heterocycles. The lowest BCUT2D eigenvalue weighted by Gasteiger charge is -2.47. The van der Waals surface area contributed by atoms with Crippen LogP contribution in [0.2, 0.25) is 0 Å². The standard InChI is InChI=1S/C26H32FN3O4.H2/c1-17(2)33-23-13-26(34-22-7-4-18(27)12-20(22)23)8-10-30(11-9-26)24(31)21-6-5-19(14-28-21)29-25(3)15-32-16-25;/h4-7,12,14,17,23,29H,8-11,13,15-16H2,1-3H3;1H/t23-;/m1./s1. The fourth-order valence-electron chi connectivity index (χ4n) is 5.05. The minimum atomic E-state index is -0.428. The van der Waals surface area contributed by atoms with Crippen molar-refractivity contribution in [2.24, 2.45) is 0 Å². The van der Waals surface area contributed by atoms with Gasteiger partial charge in [0.15, 0.2) is 0 Å². The molecular weight excluding hydrogens is 437 g/mol. The highest BCUT2D eigenvalue weighted by Gasteiger charge is 2.45. The van der Waals surface area contributed by atoms with E-state index in [2.05, 4.69) is 17.2 Å². The first-order chi connectivity index (χ1) is 16.2. The van der Waals surface area contributed by atoms with Crippen molar-refractivity contribution in [2.75, 3.05) is 31.6 Å². The summed E-state index contributed by atoms with van der Waals surface area (Å²) >= 11 is 0. The zero-order valence-corrected chi connectivity index (χ0v) is 20.0. The van der Waals surface area contributed by atoms with Crippen LogP contribution in [0.4, 0.5) is 10.1 Å². The molecule has 1 aromatic carbocycles. The van der Waals surface area contributed by atoms with E-state index >= 15 is 0 Å². The van der Waals surface area contributed by atoms with E-state index in [-0.39, 0.29) is 30.9 Å². The van der Waals surface area contributed by atoms with Gasteiger partial charge < -0.3 is 24.4 Å². The van der Waals surface area contributed by atoms with Gasteiger partial charge in [-0.1, -0.05) is 0 Å². The number of nitrogens with one attached hydrogen (secondary N) is 1. The van der Waals surface area contributed by atoms with E-state index in [9.17, 15) is 9.18 Å². The molecule has 1 spiro atoms. The van der Waals surface area contributed by atoms with Crippen LogP contribution in [0.1, 0.15) is 63.6 Å². The average molecular weight is 472 g/mol. The highest BCUT2D eigenvalue weighted by Crippen LogP contribution is 2.46. The molecule has 184 valence electrons. The van der Waals surface area contributed by atoms with Gasteiger partial charge in [-0.05, 0) is 51.1 Å². The number of halogens is 1. The van der Waals surface area contributed by atoms with Crippen LogP contribution in [0.5, 0.6) is 5.75 Å². The van der Waals surface area contributed by atoms with Crippen LogP contribution in [-0.2, 0) is 9.47 Å². The number of amides is 1. The van der Waals surface area contributed by atoms with Crippen LogP contribution < -0.4 is 10.1 Å². The van der Waals surface area contributed by atoms with Gasteiger partial charge >= 0.3 is 0 Å². The largest absolute Gasteiger partial charge is 0.487 e. The molecule has 1 N–H and O–H groups in total. The molecule has 4 heterocycles. The maximum Gasteiger partial charge on any atom is 0.272 e. The fraction of sp³-hybridized carbons (Fsp3) is 0.538. The second kappa shape index (κ2) is 8.82. The predicted octanol–water partition coefficient (Wildman–Crippen LogP) is 4.59. The molecule has 1 amide bonds. The van der Waals surface area contributed by atoms with Crippen LogP contribution in [0.25, 0.3) is 0 Å². The topological polar surface area (TPSA) is 72.9 Å². The normalized spacial score (nSPS) is 22.6. The Morgan fingerprint density at radius 3 is 2.65 bits per heavy atom. The van der Waals surface area contributed by atoms with E-state index in [1.165, 1.54) is 12.1 Å². The van der Waals surface area contributed by atoms with Crippen LogP contribution in [0.15, 0.2) is 36.5 Å². The lowest BCUT2D eigenvalue weighted by molar-refractivity contribution is -0.0874. The molecule has 2 aromatic rings. The van der Waals surface area contributed by atoms with Crippen molar-refractivity contribution in [1.29, 1.82) is 0 Å². The van der Waals surface area contributed by atoms with Gasteiger partial charge in [-0.3, -0.25) is 4.79 Å². The molecule has 2 fully saturated rings. The number of rotatable bonds is 5. The van der Waals surface area contributed by atoms with Crippen molar-refractivity contribution in [3.05, 3.63) is 53.6 Å². The number of carbonyl (C=O) groups excluding carboxylic acids is 1. The number of piperidine rings is 1. The molecule has 8 heteroatoms. The highest BCUT2D eigenvalue weighted by atomic mass is 19.1. The number of aromatic nitrogens is 1. The molecule has 34 heavy (non-hydrogen) atoms. The number of hydrogen-bond acceptors (Lipinski definition) is 6. The van der Waals surface area contributed by atoms with E-state index < -0.39 is 5.60 Å². The SMILES string of the molecule is CC(C)O[C@@H]1CC2(CCN(C(=O)c3ccc(NC4(C)COC4)cn3)CC2)Oc2ccc(F)cc21.[HH]. The fourth-order valence-corrected chi connectivity index (χ4v) is 5.05. The molecule has 7 nitrogen and oxygen atoms in total. The molecule has 0 saturated carbocycles. The molecule has 5 rings (SSSR count). The Labute approximate surface area is 201 Å². The van der Waals surface area contributed by atoms with Gasteiger partial charge in [0, 0.05) is 39.3 Å². The second-order valence-electron chi connectivity index (χ2n) is 10.2. The summed E-state index contributed by atoms with van der Waals surface area (Å²) in [6, 6.07) is 8.28. The zero-order chi connectivity index (χ0) is 23.9. The van der Waals surface area contributed by atoms with E-state index in [1.54, 1.807) is 18.3 Å². The first kappa shape index (κ1) is 23.1. The summed E-state index contributed by atoms with van der Waals surface area (Å²) < 4.78 is 31.7. The Hall–Kier alpha value is -2.71. The summed E-state index contributed by atoms with van der Waals surface area (Å²) in [6.45, 7) is 8.52. The quantitative estimate of drug-likeness (QED) is 0.688. The van der Waals surface area contributed by atoms with Crippen LogP contribution >= 0.6 is 0 Å². The Morgan fingerprint density at radius 2 is 2.03 bits per heavy atom. The van der Waals surface area contributed by atoms with Crippen molar-refractivity contribution in [1.82, 2.24) is 9.88 Å². The third kappa shape index (κ3) is 4.61. The Bertz CT molecular complexity index is 1050. The van der Waals surface area contributed by atoms with Crippen molar-refractivity contribution < 1.29 is 24.8 Å². The van der Waals surface area contributed by atoms with Gasteiger partial charge in [0.05, 0.1) is 42.8 Å². The van der Waals surface area contributed by atoms with Gasteiger partial charge in [-0.25, -0.2) is 9.37 Å². The molecular formula is C26H34FN3O4. The number of fused-ring (bicyclic) bond motifs is 1. The Morgan fingerprint density at radius 1 is 1.26 bits per heavy atom. The van der Waals surface area contributed by atoms with E-state index in [0.717, 1.165) is 11.3 Å². The van der Waals surface area contributed by atoms with Gasteiger partial charge in [-0.2, -0.15) is 0 Å². The first-order valence-corrected chi connectivity index (χ1v) is 12.0. The predicted molar refractivity (Wildman–Crippen MR) is 128 cm³/mol. The number of likely N-dealkylation sites (tertiary alicyclic amines) is 1. The van der Waals surface area contributed by atoms with Crippen LogP contribution in [0.3, 0.4) is 0 Å². The lowest BCUT2D eigenvalue weighted by Crippen LogP contribution is -2.53. The molecule has 2 saturated heterocycles. The third-order valence-electron chi connectivity index (χ3n) is 6.87. The number of hydrogen-bond donors (Lipinski definition) is 1. The zero-order valence-electron chi connectivity index (χ0n) is 20.0. The first-order valence-electron chi connectivity index (χ1n) is 12.0. The van der Waals surface area contributed by atoms with Gasteiger partial charge in [-0.15, -0.1) is 0 Å². The summed E-state index contributed by atoms with van der Waals surface area (Å²) in [5.41, 5.74) is 1.57. The number of ether oxygens (including phenoxy) is 3. The highest BCUT2D eigenvalue weighted by molar-refractivity contribution is 5.92. The summed E-state index contributed by atoms with van der Waals surface area (Å²) in [5, 5.41) is 3.40. The number of pyridine rings is 1. The van der Waals surface area contributed by atoms with Crippen molar-refractivity contribution >= 4 is 11.6 Å². The summed E-state index contributed by atoms with van der Waals surface area (Å²) in [7, 11) is 0. The summed E-state index contributed by atoms with van der Waals surface area (Å²) in [6.07, 6.45) is 3.50. The van der Waals surface area contributed by atoms with Gasteiger partial charge in [0.25, 0.3) is 5.91 Å². The molecule has 0 aliphatic carbocycles. The maximum absolute atomic E-state index is 13.9. The van der Waals surface area contributed by atoms with Crippen LogP contribution in [0, 0.1) is 5.82 Å². The summed E-state index contributed by atoms with van der Waals surface area (Å²) in [5.74, 6) is 0.307. The van der Waals surface area contributed by atoms with Crippen molar-refractivity contribution in [3.8, 4) is 5.75 Å². The molecule has 3 aliphatic heterocycles. The number of nitrogens with zero attached hydrogens (tertiary/aromatic N) is 2. The average Bonchev–Trinajstić information content (AvgIpc) is 2.79. The van der Waals surface area contributed by atoms with E-state index in [0.29, 0.717) is 57.0 Å². The number of benzene rings is 1. The van der Waals surface area contributed by atoms with E-state index in [4.69, 9.17) is 14.2 Å². The van der Waals surface area contributed by atoms with Gasteiger partial charge in [0.2, 0.25) is 0 Å². The maximum atomic E-state index is 13.9. The smallest absolute Gasteiger partial charge is 0.272 e. The Balaban J connectivity index is 0.00000289. The molecule has 0 bridgehead atoms. The number of carbonyl (C=O) groups is 1. The van der Waals surface area contributed by atoms with Crippen LogP contribution in [-0.4, -0.2) is 59.3 Å². The minimum absolute atomic E-state index is 0. The lowest BCUT2D eigenvalue weighted by atomic mass is 9.81. The Kier molecular flexibility index (Phi) is 5.98. The van der Waals surface area contributed by atoms with Gasteiger partial charge in [0.1, 0.15) is 22.9 Å². The second-order valence-corrected chi connectivity index (χ2v) is 10.2. The third-order valence-corrected chi connectivity index (χ3v) is 6.87. The van der Waals surface area contributed by atoms with E-state index in [1.807, 2.05) is 24.8 Å². The van der Waals surface area contributed by atoms with Crippen molar-refractivity contribution in [3.63, 3.8) is 0 Å². The summed E-state index contributed by atoms with van der Waals surface area (Å²) in [4.78, 5) is 19.3. The molecule has 0 radical (unpaired) electrons. The molecule has 0 unspecified atom stereocenters. The monoisotopic (exact) mass is 471 g/mol. The minimum Gasteiger partial charge on any atom is -0.487 e. The molecule has 3 aliphatic rings. The molecule has 1 atom stereocenters.